The monoisotopic (exact) mass is 254 g/mol. The molecular formula is C13H19ClN2O. The summed E-state index contributed by atoms with van der Waals surface area (Å²) >= 11 is 5.89. The standard InChI is InChI=1S/C13H19ClN2O/c1-10(2)16-13(17)15-8-4-6-11-5-3-7-12(14)9-11/h3,5,7,9-10H,4,6,8H2,1-2H3,(H2,15,16,17). The van der Waals surface area contributed by atoms with Crippen LogP contribution in [0.1, 0.15) is 25.8 Å². The molecule has 0 bridgehead atoms. The molecule has 0 atom stereocenters. The van der Waals surface area contributed by atoms with E-state index in [4.69, 9.17) is 11.6 Å². The number of nitrogens with one attached hydrogen (secondary N) is 2. The fourth-order valence-corrected chi connectivity index (χ4v) is 1.71. The average molecular weight is 255 g/mol. The number of aryl methyl sites for hydroxylation is 1. The molecule has 0 aliphatic rings. The number of benzene rings is 1. The van der Waals surface area contributed by atoms with E-state index in [0.717, 1.165) is 17.9 Å². The Labute approximate surface area is 108 Å². The molecule has 2 amide bonds. The number of hydrogen-bond donors (Lipinski definition) is 2. The van der Waals surface area contributed by atoms with Crippen LogP contribution < -0.4 is 10.6 Å². The van der Waals surface area contributed by atoms with Gasteiger partial charge >= 0.3 is 6.03 Å². The maximum atomic E-state index is 11.3. The molecule has 3 nitrogen and oxygen atoms in total. The molecule has 0 aliphatic carbocycles. The number of halogens is 1. The summed E-state index contributed by atoms with van der Waals surface area (Å²) in [6.07, 6.45) is 1.83. The highest BCUT2D eigenvalue weighted by atomic mass is 35.5. The van der Waals surface area contributed by atoms with Gasteiger partial charge in [0, 0.05) is 17.6 Å². The van der Waals surface area contributed by atoms with Crippen LogP contribution in [0.25, 0.3) is 0 Å². The first-order chi connectivity index (χ1) is 8.08. The summed E-state index contributed by atoms with van der Waals surface area (Å²) in [6.45, 7) is 4.54. The fourth-order valence-electron chi connectivity index (χ4n) is 1.50. The second-order valence-electron chi connectivity index (χ2n) is 4.29. The van der Waals surface area contributed by atoms with Crippen molar-refractivity contribution in [2.75, 3.05) is 6.54 Å². The van der Waals surface area contributed by atoms with E-state index in [0.29, 0.717) is 6.54 Å². The van der Waals surface area contributed by atoms with Gasteiger partial charge in [-0.15, -0.1) is 0 Å². The van der Waals surface area contributed by atoms with Gasteiger partial charge in [0.1, 0.15) is 0 Å². The third-order valence-electron chi connectivity index (χ3n) is 2.24. The second-order valence-corrected chi connectivity index (χ2v) is 4.72. The van der Waals surface area contributed by atoms with Crippen LogP contribution in [0.15, 0.2) is 24.3 Å². The zero-order valence-electron chi connectivity index (χ0n) is 10.3. The average Bonchev–Trinajstić information content (AvgIpc) is 2.23. The Morgan fingerprint density at radius 1 is 1.41 bits per heavy atom. The molecule has 1 aromatic rings. The third-order valence-corrected chi connectivity index (χ3v) is 2.47. The van der Waals surface area contributed by atoms with Crippen molar-refractivity contribution in [3.05, 3.63) is 34.9 Å². The molecule has 0 aromatic heterocycles. The van der Waals surface area contributed by atoms with Crippen LogP contribution in [0.2, 0.25) is 5.02 Å². The second kappa shape index (κ2) is 7.17. The molecule has 1 aromatic carbocycles. The molecule has 0 spiro atoms. The minimum Gasteiger partial charge on any atom is -0.338 e. The van der Waals surface area contributed by atoms with Crippen LogP contribution >= 0.6 is 11.6 Å². The Bertz CT molecular complexity index is 366. The lowest BCUT2D eigenvalue weighted by Crippen LogP contribution is -2.39. The number of urea groups is 1. The summed E-state index contributed by atoms with van der Waals surface area (Å²) in [7, 11) is 0. The van der Waals surface area contributed by atoms with Crippen LogP contribution in [0.3, 0.4) is 0 Å². The Kier molecular flexibility index (Phi) is 5.84. The van der Waals surface area contributed by atoms with Crippen molar-refractivity contribution in [2.45, 2.75) is 32.7 Å². The minimum atomic E-state index is -0.105. The van der Waals surface area contributed by atoms with Crippen molar-refractivity contribution in [3.8, 4) is 0 Å². The highest BCUT2D eigenvalue weighted by Crippen LogP contribution is 2.11. The number of carbonyl (C=O) groups is 1. The van der Waals surface area contributed by atoms with Gasteiger partial charge in [0.15, 0.2) is 0 Å². The normalized spacial score (nSPS) is 10.4. The lowest BCUT2D eigenvalue weighted by atomic mass is 10.1. The van der Waals surface area contributed by atoms with E-state index < -0.39 is 0 Å². The molecule has 0 unspecified atom stereocenters. The Hall–Kier alpha value is -1.22. The maximum absolute atomic E-state index is 11.3. The predicted octanol–water partition coefficient (Wildman–Crippen LogP) is 2.98. The molecule has 94 valence electrons. The molecule has 0 radical (unpaired) electrons. The van der Waals surface area contributed by atoms with Crippen LogP contribution in [0.5, 0.6) is 0 Å². The summed E-state index contributed by atoms with van der Waals surface area (Å²) < 4.78 is 0. The highest BCUT2D eigenvalue weighted by molar-refractivity contribution is 6.30. The smallest absolute Gasteiger partial charge is 0.314 e. The van der Waals surface area contributed by atoms with Gasteiger partial charge in [0.05, 0.1) is 0 Å². The molecule has 2 N–H and O–H groups in total. The van der Waals surface area contributed by atoms with E-state index in [1.165, 1.54) is 5.56 Å². The van der Waals surface area contributed by atoms with Crippen molar-refractivity contribution < 1.29 is 4.79 Å². The van der Waals surface area contributed by atoms with Gasteiger partial charge in [0.2, 0.25) is 0 Å². The number of hydrogen-bond acceptors (Lipinski definition) is 1. The lowest BCUT2D eigenvalue weighted by Gasteiger charge is -2.09. The molecule has 1 rings (SSSR count). The molecule has 0 saturated carbocycles. The van der Waals surface area contributed by atoms with Crippen molar-refractivity contribution in [1.82, 2.24) is 10.6 Å². The summed E-state index contributed by atoms with van der Waals surface area (Å²) in [5.41, 5.74) is 1.20. The van der Waals surface area contributed by atoms with E-state index in [2.05, 4.69) is 10.6 Å². The van der Waals surface area contributed by atoms with Crippen molar-refractivity contribution in [2.24, 2.45) is 0 Å². The quantitative estimate of drug-likeness (QED) is 0.780. The Balaban J connectivity index is 2.18. The zero-order valence-corrected chi connectivity index (χ0v) is 11.1. The number of rotatable bonds is 5. The van der Waals surface area contributed by atoms with Gasteiger partial charge in [-0.2, -0.15) is 0 Å². The van der Waals surface area contributed by atoms with E-state index in [1.807, 2.05) is 38.1 Å². The molecule has 0 heterocycles. The first-order valence-corrected chi connectivity index (χ1v) is 6.24. The molecule has 0 saturated heterocycles. The molecule has 0 aliphatic heterocycles. The summed E-state index contributed by atoms with van der Waals surface area (Å²) in [6, 6.07) is 7.86. The summed E-state index contributed by atoms with van der Waals surface area (Å²) in [4.78, 5) is 11.3. The van der Waals surface area contributed by atoms with Crippen LogP contribution in [-0.4, -0.2) is 18.6 Å². The first kappa shape index (κ1) is 13.8. The molecule has 4 heteroatoms. The zero-order chi connectivity index (χ0) is 12.7. The van der Waals surface area contributed by atoms with Gasteiger partial charge in [0.25, 0.3) is 0 Å². The van der Waals surface area contributed by atoms with E-state index >= 15 is 0 Å². The predicted molar refractivity (Wildman–Crippen MR) is 71.4 cm³/mol. The van der Waals surface area contributed by atoms with Crippen LogP contribution in [-0.2, 0) is 6.42 Å². The third kappa shape index (κ3) is 6.17. The number of carbonyl (C=O) groups excluding carboxylic acids is 1. The van der Waals surface area contributed by atoms with Gasteiger partial charge in [-0.3, -0.25) is 0 Å². The lowest BCUT2D eigenvalue weighted by molar-refractivity contribution is 0.238. The largest absolute Gasteiger partial charge is 0.338 e. The summed E-state index contributed by atoms with van der Waals surface area (Å²) in [5, 5.41) is 6.35. The first-order valence-electron chi connectivity index (χ1n) is 5.86. The SMILES string of the molecule is CC(C)NC(=O)NCCCc1cccc(Cl)c1. The minimum absolute atomic E-state index is 0.105. The van der Waals surface area contributed by atoms with Crippen molar-refractivity contribution >= 4 is 17.6 Å². The van der Waals surface area contributed by atoms with Gasteiger partial charge < -0.3 is 10.6 Å². The Morgan fingerprint density at radius 3 is 2.82 bits per heavy atom. The van der Waals surface area contributed by atoms with Crippen molar-refractivity contribution in [1.29, 1.82) is 0 Å². The number of amides is 2. The van der Waals surface area contributed by atoms with Gasteiger partial charge in [-0.25, -0.2) is 4.79 Å². The molecule has 17 heavy (non-hydrogen) atoms. The van der Waals surface area contributed by atoms with E-state index in [1.54, 1.807) is 0 Å². The van der Waals surface area contributed by atoms with E-state index in [-0.39, 0.29) is 12.1 Å². The maximum Gasteiger partial charge on any atom is 0.314 e. The highest BCUT2D eigenvalue weighted by Gasteiger charge is 2.01. The fraction of sp³-hybridized carbons (Fsp3) is 0.462. The van der Waals surface area contributed by atoms with Gasteiger partial charge in [-0.05, 0) is 44.4 Å². The molecule has 0 fully saturated rings. The van der Waals surface area contributed by atoms with Crippen LogP contribution in [0, 0.1) is 0 Å². The van der Waals surface area contributed by atoms with Gasteiger partial charge in [-0.1, -0.05) is 23.7 Å². The van der Waals surface area contributed by atoms with Crippen LogP contribution in [0.4, 0.5) is 4.79 Å². The Morgan fingerprint density at radius 2 is 2.18 bits per heavy atom. The molecular weight excluding hydrogens is 236 g/mol. The summed E-state index contributed by atoms with van der Waals surface area (Å²) in [5.74, 6) is 0. The van der Waals surface area contributed by atoms with Crippen molar-refractivity contribution in [3.63, 3.8) is 0 Å². The topological polar surface area (TPSA) is 41.1 Å². The van der Waals surface area contributed by atoms with E-state index in [9.17, 15) is 4.79 Å².